The van der Waals surface area contributed by atoms with Gasteiger partial charge in [0.05, 0.1) is 30.0 Å². The van der Waals surface area contributed by atoms with Crippen LogP contribution in [0.3, 0.4) is 0 Å². The average Bonchev–Trinajstić information content (AvgIpc) is 3.52. The van der Waals surface area contributed by atoms with Crippen LogP contribution in [0.5, 0.6) is 11.5 Å². The number of fused-ring (bicyclic) bond motifs is 3. The lowest BCUT2D eigenvalue weighted by atomic mass is 10.0. The summed E-state index contributed by atoms with van der Waals surface area (Å²) in [6, 6.07) is 15.9. The Bertz CT molecular complexity index is 1670. The van der Waals surface area contributed by atoms with Crippen molar-refractivity contribution in [1.82, 2.24) is 19.7 Å². The number of hydrogen-bond donors (Lipinski definition) is 2. The highest BCUT2D eigenvalue weighted by Gasteiger charge is 2.27. The predicted octanol–water partition coefficient (Wildman–Crippen LogP) is 3.82. The molecule has 0 spiro atoms. The van der Waals surface area contributed by atoms with Crippen molar-refractivity contribution in [3.63, 3.8) is 0 Å². The molecule has 41 heavy (non-hydrogen) atoms. The molecule has 9 nitrogen and oxygen atoms in total. The first-order valence-electron chi connectivity index (χ1n) is 14.6. The second kappa shape index (κ2) is 11.2. The summed E-state index contributed by atoms with van der Waals surface area (Å²) in [5.74, 6) is 0.942. The second-order valence-corrected chi connectivity index (χ2v) is 11.0. The maximum Gasteiger partial charge on any atom is 0.256 e. The molecular weight excluding hydrogens is 518 g/mol. The highest BCUT2D eigenvalue weighted by molar-refractivity contribution is 6.01. The SMILES string of the molecule is O=C(NCCN1CCCC1)c1cn2c3c(c(NCCN4CCOCC4)ccc3c1=O)Oc1cc3ccccc3cc1-2. The van der Waals surface area contributed by atoms with Gasteiger partial charge >= 0.3 is 0 Å². The largest absolute Gasteiger partial charge is 0.451 e. The average molecular weight is 554 g/mol. The first kappa shape index (κ1) is 26.0. The first-order valence-corrected chi connectivity index (χ1v) is 14.6. The third-order valence-corrected chi connectivity index (χ3v) is 8.42. The maximum absolute atomic E-state index is 13.7. The van der Waals surface area contributed by atoms with Crippen LogP contribution in [0.25, 0.3) is 27.4 Å². The van der Waals surface area contributed by atoms with E-state index in [1.807, 2.05) is 34.9 Å². The molecule has 0 radical (unpaired) electrons. The van der Waals surface area contributed by atoms with E-state index in [1.54, 1.807) is 6.20 Å². The van der Waals surface area contributed by atoms with E-state index in [1.165, 1.54) is 12.8 Å². The number of carbonyl (C=O) groups is 1. The fourth-order valence-electron chi connectivity index (χ4n) is 6.17. The van der Waals surface area contributed by atoms with Gasteiger partial charge in [-0.1, -0.05) is 24.3 Å². The van der Waals surface area contributed by atoms with Gasteiger partial charge in [0.2, 0.25) is 5.43 Å². The minimum atomic E-state index is -0.344. The van der Waals surface area contributed by atoms with Crippen LogP contribution < -0.4 is 20.8 Å². The Morgan fingerprint density at radius 2 is 1.61 bits per heavy atom. The van der Waals surface area contributed by atoms with Crippen molar-refractivity contribution in [3.8, 4) is 17.2 Å². The lowest BCUT2D eigenvalue weighted by molar-refractivity contribution is 0.0398. The van der Waals surface area contributed by atoms with Crippen LogP contribution in [0.4, 0.5) is 5.69 Å². The van der Waals surface area contributed by atoms with Crippen molar-refractivity contribution in [3.05, 3.63) is 70.5 Å². The number of nitrogens with zero attached hydrogens (tertiary/aromatic N) is 3. The molecule has 7 rings (SSSR count). The van der Waals surface area contributed by atoms with Crippen LogP contribution >= 0.6 is 0 Å². The smallest absolute Gasteiger partial charge is 0.256 e. The molecule has 3 aromatic carbocycles. The Labute approximate surface area is 238 Å². The summed E-state index contributed by atoms with van der Waals surface area (Å²) in [4.78, 5) is 31.8. The zero-order chi connectivity index (χ0) is 27.8. The fraction of sp³-hybridized carbons (Fsp3) is 0.375. The van der Waals surface area contributed by atoms with Crippen LogP contribution in [0.1, 0.15) is 23.2 Å². The number of benzene rings is 3. The molecule has 2 fully saturated rings. The van der Waals surface area contributed by atoms with Gasteiger partial charge in [-0.3, -0.25) is 14.5 Å². The van der Waals surface area contributed by atoms with Gasteiger partial charge in [-0.25, -0.2) is 0 Å². The lowest BCUT2D eigenvalue weighted by Gasteiger charge is -2.28. The number of ether oxygens (including phenoxy) is 2. The first-order chi connectivity index (χ1) is 20.2. The fourth-order valence-corrected chi connectivity index (χ4v) is 6.17. The van der Waals surface area contributed by atoms with Crippen molar-refractivity contribution in [1.29, 1.82) is 0 Å². The zero-order valence-corrected chi connectivity index (χ0v) is 23.2. The van der Waals surface area contributed by atoms with E-state index in [-0.39, 0.29) is 16.9 Å². The number of aromatic nitrogens is 1. The van der Waals surface area contributed by atoms with Gasteiger partial charge in [0.1, 0.15) is 11.1 Å². The number of amides is 1. The number of carbonyl (C=O) groups excluding carboxylic acids is 1. The van der Waals surface area contributed by atoms with Gasteiger partial charge in [0.25, 0.3) is 5.91 Å². The number of anilines is 1. The van der Waals surface area contributed by atoms with Gasteiger partial charge in [0.15, 0.2) is 11.5 Å². The number of nitrogens with one attached hydrogen (secondary N) is 2. The van der Waals surface area contributed by atoms with Crippen LogP contribution in [0, 0.1) is 0 Å². The van der Waals surface area contributed by atoms with Crippen molar-refractivity contribution >= 4 is 33.3 Å². The Morgan fingerprint density at radius 1 is 0.878 bits per heavy atom. The van der Waals surface area contributed by atoms with Gasteiger partial charge in [0, 0.05) is 45.5 Å². The van der Waals surface area contributed by atoms with Crippen LogP contribution in [-0.2, 0) is 4.74 Å². The third kappa shape index (κ3) is 5.05. The molecule has 0 atom stereocenters. The zero-order valence-electron chi connectivity index (χ0n) is 23.2. The molecule has 3 aliphatic heterocycles. The molecule has 1 aromatic heterocycles. The Morgan fingerprint density at radius 3 is 2.41 bits per heavy atom. The van der Waals surface area contributed by atoms with E-state index < -0.39 is 0 Å². The van der Waals surface area contributed by atoms with E-state index in [0.717, 1.165) is 81.2 Å². The molecule has 2 N–H and O–H groups in total. The molecule has 0 unspecified atom stereocenters. The quantitative estimate of drug-likeness (QED) is 0.302. The second-order valence-electron chi connectivity index (χ2n) is 11.0. The van der Waals surface area contributed by atoms with Gasteiger partial charge in [-0.2, -0.15) is 0 Å². The molecule has 9 heteroatoms. The van der Waals surface area contributed by atoms with E-state index in [2.05, 4.69) is 38.6 Å². The number of pyridine rings is 1. The van der Waals surface area contributed by atoms with Crippen LogP contribution in [-0.4, -0.2) is 85.8 Å². The Balaban J connectivity index is 1.26. The highest BCUT2D eigenvalue weighted by atomic mass is 16.5. The van der Waals surface area contributed by atoms with E-state index in [9.17, 15) is 9.59 Å². The summed E-state index contributed by atoms with van der Waals surface area (Å²) >= 11 is 0. The number of hydrogen-bond acceptors (Lipinski definition) is 7. The maximum atomic E-state index is 13.7. The molecule has 1 amide bonds. The van der Waals surface area contributed by atoms with Crippen molar-refractivity contribution in [2.45, 2.75) is 12.8 Å². The number of morpholine rings is 1. The number of rotatable bonds is 8. The summed E-state index contributed by atoms with van der Waals surface area (Å²) in [5.41, 5.74) is 2.14. The molecule has 212 valence electrons. The molecule has 2 saturated heterocycles. The monoisotopic (exact) mass is 553 g/mol. The molecule has 4 heterocycles. The Hall–Kier alpha value is -3.92. The molecule has 4 aromatic rings. The molecule has 0 saturated carbocycles. The normalized spacial score (nSPS) is 17.0. The summed E-state index contributed by atoms with van der Waals surface area (Å²) in [5, 5.41) is 9.11. The van der Waals surface area contributed by atoms with Crippen LogP contribution in [0.2, 0.25) is 0 Å². The third-order valence-electron chi connectivity index (χ3n) is 8.42. The van der Waals surface area contributed by atoms with Crippen molar-refractivity contribution < 1.29 is 14.3 Å². The summed E-state index contributed by atoms with van der Waals surface area (Å²) < 4.78 is 14.0. The summed E-state index contributed by atoms with van der Waals surface area (Å²) in [6.45, 7) is 8.41. The lowest BCUT2D eigenvalue weighted by Crippen LogP contribution is -2.39. The molecule has 3 aliphatic rings. The summed E-state index contributed by atoms with van der Waals surface area (Å²) in [6.07, 6.45) is 4.09. The van der Waals surface area contributed by atoms with E-state index >= 15 is 0 Å². The standard InChI is InChI=1S/C32H35N5O4/c38-30-24-7-8-26(33-9-13-36-15-17-40-18-16-36)31-29(24)37(21-25(30)32(39)34-10-14-35-11-3-4-12-35)27-19-22-5-1-2-6-23(22)20-28(27)41-31/h1-2,5-8,19-21,33H,3-4,9-18H2,(H,34,39). The minimum absolute atomic E-state index is 0.138. The van der Waals surface area contributed by atoms with Crippen molar-refractivity contribution in [2.75, 3.05) is 70.9 Å². The van der Waals surface area contributed by atoms with E-state index in [4.69, 9.17) is 9.47 Å². The Kier molecular flexibility index (Phi) is 7.08. The minimum Gasteiger partial charge on any atom is -0.451 e. The summed E-state index contributed by atoms with van der Waals surface area (Å²) in [7, 11) is 0. The molecule has 0 bridgehead atoms. The van der Waals surface area contributed by atoms with Gasteiger partial charge in [-0.05, 0) is 61.0 Å². The van der Waals surface area contributed by atoms with Gasteiger partial charge < -0.3 is 29.6 Å². The van der Waals surface area contributed by atoms with E-state index in [0.29, 0.717) is 28.9 Å². The molecule has 0 aliphatic carbocycles. The number of likely N-dealkylation sites (tertiary alicyclic amines) is 1. The topological polar surface area (TPSA) is 88.1 Å². The van der Waals surface area contributed by atoms with Gasteiger partial charge in [-0.15, -0.1) is 0 Å². The highest BCUT2D eigenvalue weighted by Crippen LogP contribution is 2.45. The van der Waals surface area contributed by atoms with Crippen LogP contribution in [0.15, 0.2) is 59.5 Å². The van der Waals surface area contributed by atoms with Crippen molar-refractivity contribution in [2.24, 2.45) is 0 Å². The predicted molar refractivity (Wildman–Crippen MR) is 161 cm³/mol. The molecular formula is C32H35N5O4.